The molecular formula is C17H17Cl2N3O2. The first-order valence-electron chi connectivity index (χ1n) is 8.36. The molecule has 2 bridgehead atoms. The van der Waals surface area contributed by atoms with Gasteiger partial charge in [-0.15, -0.1) is 10.2 Å². The number of fused-ring (bicyclic) bond motifs is 3. The topological polar surface area (TPSA) is 60.2 Å². The van der Waals surface area contributed by atoms with Gasteiger partial charge in [0, 0.05) is 30.4 Å². The van der Waals surface area contributed by atoms with Crippen LogP contribution in [-0.4, -0.2) is 32.1 Å². The average molecular weight is 366 g/mol. The number of nitrogens with zero attached hydrogens (tertiary/aromatic N) is 3. The van der Waals surface area contributed by atoms with Crippen molar-refractivity contribution in [1.82, 2.24) is 14.8 Å². The summed E-state index contributed by atoms with van der Waals surface area (Å²) in [4.78, 5) is 0. The van der Waals surface area contributed by atoms with Crippen LogP contribution in [0.1, 0.15) is 48.3 Å². The molecule has 2 aromatic rings. The molecule has 24 heavy (non-hydrogen) atoms. The Morgan fingerprint density at radius 2 is 2.08 bits per heavy atom. The Morgan fingerprint density at radius 3 is 2.83 bits per heavy atom. The lowest BCUT2D eigenvalue weighted by Gasteiger charge is -2.19. The van der Waals surface area contributed by atoms with Crippen molar-refractivity contribution in [2.45, 2.75) is 56.3 Å². The van der Waals surface area contributed by atoms with Crippen molar-refractivity contribution in [2.24, 2.45) is 0 Å². The molecule has 7 heteroatoms. The Balaban J connectivity index is 1.47. The SMILES string of the molecule is Oc1ccc(Cl)c(Cl)c1[C@@H]1Cc2nnc([C@@H]3C[C@H]4CC[C@@H]3O4)n2C1. The molecule has 0 spiro atoms. The average Bonchev–Trinajstić information content (AvgIpc) is 3.30. The lowest BCUT2D eigenvalue weighted by atomic mass is 9.88. The third-order valence-corrected chi connectivity index (χ3v) is 6.46. The highest BCUT2D eigenvalue weighted by Gasteiger charge is 2.45. The van der Waals surface area contributed by atoms with Gasteiger partial charge >= 0.3 is 0 Å². The summed E-state index contributed by atoms with van der Waals surface area (Å²) >= 11 is 12.5. The molecule has 1 aromatic carbocycles. The third kappa shape index (κ3) is 2.11. The number of phenolic OH excluding ortho intramolecular Hbond substituents is 1. The first-order valence-corrected chi connectivity index (χ1v) is 9.11. The molecule has 3 aliphatic heterocycles. The van der Waals surface area contributed by atoms with Gasteiger partial charge in [0.1, 0.15) is 17.4 Å². The van der Waals surface area contributed by atoms with Gasteiger partial charge in [0.15, 0.2) is 0 Å². The number of ether oxygens (including phenoxy) is 1. The highest BCUT2D eigenvalue weighted by molar-refractivity contribution is 6.42. The molecule has 0 amide bonds. The van der Waals surface area contributed by atoms with Crippen molar-refractivity contribution >= 4 is 23.2 Å². The van der Waals surface area contributed by atoms with Crippen molar-refractivity contribution in [3.8, 4) is 5.75 Å². The van der Waals surface area contributed by atoms with Crippen LogP contribution in [0.4, 0.5) is 0 Å². The maximum Gasteiger partial charge on any atom is 0.138 e. The van der Waals surface area contributed by atoms with Crippen molar-refractivity contribution in [3.63, 3.8) is 0 Å². The standard InChI is InChI=1S/C17H17Cl2N3O2/c18-11-2-3-12(23)15(16(11)19)8-5-14-20-21-17(22(14)7-8)10-6-9-1-4-13(10)24-9/h2-3,8-10,13,23H,1,4-7H2/t8-,9-,10-,13+/m1/s1. The van der Waals surface area contributed by atoms with Gasteiger partial charge in [0.05, 0.1) is 22.3 Å². The predicted octanol–water partition coefficient (Wildman–Crippen LogP) is 3.67. The highest BCUT2D eigenvalue weighted by atomic mass is 35.5. The van der Waals surface area contributed by atoms with Gasteiger partial charge in [-0.05, 0) is 31.4 Å². The van der Waals surface area contributed by atoms with Crippen molar-refractivity contribution < 1.29 is 9.84 Å². The van der Waals surface area contributed by atoms with Gasteiger partial charge in [-0.2, -0.15) is 0 Å². The quantitative estimate of drug-likeness (QED) is 0.881. The van der Waals surface area contributed by atoms with Crippen LogP contribution in [0.25, 0.3) is 0 Å². The smallest absolute Gasteiger partial charge is 0.138 e. The normalized spacial score (nSPS) is 30.9. The van der Waals surface area contributed by atoms with Crippen LogP contribution < -0.4 is 0 Å². The van der Waals surface area contributed by atoms with Crippen LogP contribution in [0.15, 0.2) is 12.1 Å². The van der Waals surface area contributed by atoms with Gasteiger partial charge in [-0.1, -0.05) is 23.2 Å². The second-order valence-electron chi connectivity index (χ2n) is 7.00. The molecule has 4 atom stereocenters. The van der Waals surface area contributed by atoms with E-state index in [2.05, 4.69) is 14.8 Å². The Morgan fingerprint density at radius 1 is 1.21 bits per heavy atom. The van der Waals surface area contributed by atoms with E-state index in [0.717, 1.165) is 37.5 Å². The Labute approximate surface area is 149 Å². The number of hydrogen-bond donors (Lipinski definition) is 1. The molecule has 0 aliphatic carbocycles. The number of aromatic hydroxyl groups is 1. The van der Waals surface area contributed by atoms with Gasteiger partial charge in [0.2, 0.25) is 0 Å². The minimum absolute atomic E-state index is 0.0694. The lowest BCUT2D eigenvalue weighted by molar-refractivity contribution is 0.0995. The fourth-order valence-corrected chi connectivity index (χ4v) is 5.00. The molecule has 5 rings (SSSR count). The fourth-order valence-electron chi connectivity index (χ4n) is 4.53. The molecule has 3 aliphatic rings. The molecule has 0 radical (unpaired) electrons. The van der Waals surface area contributed by atoms with Gasteiger partial charge in [-0.25, -0.2) is 0 Å². The number of hydrogen-bond acceptors (Lipinski definition) is 4. The first kappa shape index (κ1) is 15.0. The summed E-state index contributed by atoms with van der Waals surface area (Å²) in [6, 6.07) is 3.23. The number of rotatable bonds is 2. The number of aromatic nitrogens is 3. The second kappa shape index (κ2) is 5.35. The van der Waals surface area contributed by atoms with Crippen molar-refractivity contribution in [3.05, 3.63) is 39.4 Å². The van der Waals surface area contributed by atoms with E-state index < -0.39 is 0 Å². The van der Waals surface area contributed by atoms with Crippen molar-refractivity contribution in [2.75, 3.05) is 0 Å². The Bertz CT molecular complexity index is 822. The van der Waals surface area contributed by atoms with E-state index in [0.29, 0.717) is 34.1 Å². The first-order chi connectivity index (χ1) is 11.6. The van der Waals surface area contributed by atoms with Crippen LogP contribution in [0.3, 0.4) is 0 Å². The van der Waals surface area contributed by atoms with Crippen LogP contribution in [0, 0.1) is 0 Å². The van der Waals surface area contributed by atoms with Gasteiger partial charge in [0.25, 0.3) is 0 Å². The molecule has 2 fully saturated rings. The summed E-state index contributed by atoms with van der Waals surface area (Å²) < 4.78 is 8.16. The lowest BCUT2D eigenvalue weighted by Crippen LogP contribution is -2.19. The number of halogens is 2. The summed E-state index contributed by atoms with van der Waals surface area (Å²) in [6.45, 7) is 0.721. The fraction of sp³-hybridized carbons (Fsp3) is 0.529. The van der Waals surface area contributed by atoms with Crippen LogP contribution in [0.2, 0.25) is 10.0 Å². The molecule has 126 valence electrons. The third-order valence-electron chi connectivity index (χ3n) is 5.64. The summed E-state index contributed by atoms with van der Waals surface area (Å²) in [5.74, 6) is 2.58. The zero-order valence-electron chi connectivity index (χ0n) is 13.0. The molecule has 0 saturated carbocycles. The van der Waals surface area contributed by atoms with Gasteiger partial charge < -0.3 is 14.4 Å². The molecule has 1 N–H and O–H groups in total. The van der Waals surface area contributed by atoms with E-state index >= 15 is 0 Å². The molecule has 5 nitrogen and oxygen atoms in total. The zero-order valence-corrected chi connectivity index (χ0v) is 14.5. The largest absolute Gasteiger partial charge is 0.508 e. The van der Waals surface area contributed by atoms with Crippen molar-refractivity contribution in [1.29, 1.82) is 0 Å². The predicted molar refractivity (Wildman–Crippen MR) is 89.8 cm³/mol. The highest BCUT2D eigenvalue weighted by Crippen LogP contribution is 2.46. The van der Waals surface area contributed by atoms with Gasteiger partial charge in [-0.3, -0.25) is 0 Å². The summed E-state index contributed by atoms with van der Waals surface area (Å²) in [5, 5.41) is 20.0. The second-order valence-corrected chi connectivity index (χ2v) is 7.78. The van der Waals surface area contributed by atoms with E-state index in [1.807, 2.05) is 0 Å². The molecular weight excluding hydrogens is 349 g/mol. The molecule has 1 aromatic heterocycles. The molecule has 2 saturated heterocycles. The van der Waals surface area contributed by atoms with Crippen LogP contribution >= 0.6 is 23.2 Å². The number of benzene rings is 1. The summed E-state index contributed by atoms with van der Waals surface area (Å²) in [7, 11) is 0. The molecule has 0 unspecified atom stereocenters. The van der Waals surface area contributed by atoms with E-state index in [4.69, 9.17) is 27.9 Å². The zero-order chi connectivity index (χ0) is 16.4. The summed E-state index contributed by atoms with van der Waals surface area (Å²) in [5.41, 5.74) is 0.713. The minimum atomic E-state index is 0.0694. The van der Waals surface area contributed by atoms with E-state index in [1.54, 1.807) is 12.1 Å². The van der Waals surface area contributed by atoms with E-state index in [-0.39, 0.29) is 17.8 Å². The maximum atomic E-state index is 10.3. The summed E-state index contributed by atoms with van der Waals surface area (Å²) in [6.07, 6.45) is 4.69. The van der Waals surface area contributed by atoms with Crippen LogP contribution in [-0.2, 0) is 17.7 Å². The van der Waals surface area contributed by atoms with Crippen LogP contribution in [0.5, 0.6) is 5.75 Å². The molecule has 4 heterocycles. The minimum Gasteiger partial charge on any atom is -0.508 e. The monoisotopic (exact) mass is 365 g/mol. The Hall–Kier alpha value is -1.30. The number of phenols is 1. The Kier molecular flexibility index (Phi) is 3.34. The maximum absolute atomic E-state index is 10.3. The van der Waals surface area contributed by atoms with E-state index in [1.165, 1.54) is 0 Å². The van der Waals surface area contributed by atoms with E-state index in [9.17, 15) is 5.11 Å².